The van der Waals surface area contributed by atoms with Crippen molar-refractivity contribution in [3.63, 3.8) is 0 Å². The monoisotopic (exact) mass is 437 g/mol. The van der Waals surface area contributed by atoms with Crippen LogP contribution in [0.25, 0.3) is 0 Å². The molecule has 2 N–H and O–H groups in total. The van der Waals surface area contributed by atoms with Crippen LogP contribution in [0, 0.1) is 10.1 Å². The summed E-state index contributed by atoms with van der Waals surface area (Å²) in [5.74, 6) is 0.0458. The van der Waals surface area contributed by atoms with E-state index in [4.69, 9.17) is 9.47 Å². The number of phenols is 1. The molecule has 9 nitrogen and oxygen atoms in total. The molecule has 2 aromatic rings. The lowest BCUT2D eigenvalue weighted by Crippen LogP contribution is -2.33. The number of carbonyl (C=O) groups excluding carboxylic acids is 1. The van der Waals surface area contributed by atoms with E-state index in [0.29, 0.717) is 16.0 Å². The molecule has 0 saturated heterocycles. The number of benzene rings is 2. The molecule has 2 rings (SSSR count). The normalized spacial score (nSPS) is 11.8. The average molecular weight is 438 g/mol. The highest BCUT2D eigenvalue weighted by molar-refractivity contribution is 9.10. The Bertz CT molecular complexity index is 870. The average Bonchev–Trinajstić information content (AvgIpc) is 2.64. The minimum Gasteiger partial charge on any atom is -0.502 e. The molecular weight excluding hydrogens is 422 g/mol. The van der Waals surface area contributed by atoms with Crippen molar-refractivity contribution in [1.82, 2.24) is 5.43 Å². The fraction of sp³-hybridized carbons (Fsp3) is 0.176. The first-order valence-corrected chi connectivity index (χ1v) is 8.41. The first-order valence-electron chi connectivity index (χ1n) is 7.62. The predicted molar refractivity (Wildman–Crippen MR) is 101 cm³/mol. The predicted octanol–water partition coefficient (Wildman–Crippen LogP) is 2.99. The minimum atomic E-state index is -0.846. The van der Waals surface area contributed by atoms with Gasteiger partial charge in [-0.2, -0.15) is 5.10 Å². The van der Waals surface area contributed by atoms with Gasteiger partial charge in [0.1, 0.15) is 11.5 Å². The van der Waals surface area contributed by atoms with Gasteiger partial charge in [0.2, 0.25) is 5.75 Å². The number of rotatable bonds is 7. The van der Waals surface area contributed by atoms with Crippen LogP contribution in [0.2, 0.25) is 0 Å². The van der Waals surface area contributed by atoms with E-state index in [1.807, 2.05) is 0 Å². The molecule has 1 amide bonds. The van der Waals surface area contributed by atoms with Gasteiger partial charge < -0.3 is 14.6 Å². The zero-order valence-corrected chi connectivity index (χ0v) is 16.0. The van der Waals surface area contributed by atoms with Crippen LogP contribution < -0.4 is 14.9 Å². The zero-order chi connectivity index (χ0) is 20.0. The maximum Gasteiger partial charge on any atom is 0.312 e. The van der Waals surface area contributed by atoms with Crippen LogP contribution in [0.5, 0.6) is 17.2 Å². The number of hydrazone groups is 1. The largest absolute Gasteiger partial charge is 0.502 e. The number of nitro groups is 1. The molecule has 10 heteroatoms. The smallest absolute Gasteiger partial charge is 0.312 e. The van der Waals surface area contributed by atoms with Gasteiger partial charge in [0, 0.05) is 16.1 Å². The zero-order valence-electron chi connectivity index (χ0n) is 14.4. The van der Waals surface area contributed by atoms with Crippen molar-refractivity contribution in [3.8, 4) is 17.2 Å². The first kappa shape index (κ1) is 20.2. The molecule has 0 aliphatic carbocycles. The Morgan fingerprint density at radius 2 is 1.96 bits per heavy atom. The van der Waals surface area contributed by atoms with Crippen LogP contribution in [-0.4, -0.2) is 35.4 Å². The maximum atomic E-state index is 12.0. The number of nitrogens with zero attached hydrogens (tertiary/aromatic N) is 2. The summed E-state index contributed by atoms with van der Waals surface area (Å²) in [6.07, 6.45) is 0.256. The second kappa shape index (κ2) is 8.99. The number of nitro benzene ring substituents is 1. The van der Waals surface area contributed by atoms with Crippen molar-refractivity contribution in [2.45, 2.75) is 13.0 Å². The molecule has 0 aliphatic rings. The Kier molecular flexibility index (Phi) is 6.72. The molecule has 27 heavy (non-hydrogen) atoms. The maximum absolute atomic E-state index is 12.0. The fourth-order valence-corrected chi connectivity index (χ4v) is 2.47. The van der Waals surface area contributed by atoms with Gasteiger partial charge in [0.15, 0.2) is 6.10 Å². The number of methoxy groups -OCH3 is 1. The molecule has 0 spiro atoms. The number of phenolic OH excluding ortho intramolecular Hbond substituents is 1. The first-order chi connectivity index (χ1) is 12.8. The van der Waals surface area contributed by atoms with Crippen LogP contribution in [0.4, 0.5) is 5.69 Å². The SMILES string of the molecule is COc1ccc(OC(C)C(=O)N/N=C/c2cc(Br)cc([N+](=O)[O-])c2O)cc1. The second-order valence-corrected chi connectivity index (χ2v) is 6.21. The van der Waals surface area contributed by atoms with Crippen molar-refractivity contribution in [2.24, 2.45) is 5.10 Å². The summed E-state index contributed by atoms with van der Waals surface area (Å²) in [4.78, 5) is 22.2. The number of hydrogen-bond acceptors (Lipinski definition) is 7. The Hall–Kier alpha value is -3.14. The standard InChI is InChI=1S/C17H16BrN3O6/c1-10(27-14-5-3-13(26-2)4-6-14)17(23)20-19-9-11-7-12(18)8-15(16(11)22)21(24)25/h3-10,22H,1-2H3,(H,20,23)/b19-9+. The van der Waals surface area contributed by atoms with E-state index in [1.165, 1.54) is 13.0 Å². The van der Waals surface area contributed by atoms with E-state index < -0.39 is 28.4 Å². The van der Waals surface area contributed by atoms with Gasteiger partial charge in [-0.15, -0.1) is 0 Å². The van der Waals surface area contributed by atoms with E-state index >= 15 is 0 Å². The van der Waals surface area contributed by atoms with E-state index in [-0.39, 0.29) is 5.56 Å². The topological polar surface area (TPSA) is 123 Å². The number of halogens is 1. The molecule has 0 aromatic heterocycles. The van der Waals surface area contributed by atoms with Gasteiger partial charge in [-0.1, -0.05) is 15.9 Å². The van der Waals surface area contributed by atoms with Gasteiger partial charge in [-0.25, -0.2) is 5.43 Å². The Labute approximate surface area is 162 Å². The number of nitrogens with one attached hydrogen (secondary N) is 1. The van der Waals surface area contributed by atoms with Crippen molar-refractivity contribution < 1.29 is 24.3 Å². The molecule has 0 fully saturated rings. The number of hydrogen-bond donors (Lipinski definition) is 2. The van der Waals surface area contributed by atoms with Gasteiger partial charge in [-0.3, -0.25) is 14.9 Å². The van der Waals surface area contributed by atoms with Crippen molar-refractivity contribution in [1.29, 1.82) is 0 Å². The quantitative estimate of drug-likeness (QED) is 0.389. The van der Waals surface area contributed by atoms with E-state index in [0.717, 1.165) is 12.3 Å². The third-order valence-electron chi connectivity index (χ3n) is 3.40. The third kappa shape index (κ3) is 5.42. The Morgan fingerprint density at radius 3 is 2.56 bits per heavy atom. The summed E-state index contributed by atoms with van der Waals surface area (Å²) in [7, 11) is 1.54. The molecule has 1 unspecified atom stereocenters. The van der Waals surface area contributed by atoms with Crippen molar-refractivity contribution in [2.75, 3.05) is 7.11 Å². The van der Waals surface area contributed by atoms with Crippen molar-refractivity contribution >= 4 is 33.7 Å². The third-order valence-corrected chi connectivity index (χ3v) is 3.86. The summed E-state index contributed by atoms with van der Waals surface area (Å²) in [6, 6.07) is 9.29. The second-order valence-electron chi connectivity index (χ2n) is 5.29. The molecule has 142 valence electrons. The molecular formula is C17H16BrN3O6. The number of carbonyl (C=O) groups is 1. The lowest BCUT2D eigenvalue weighted by atomic mass is 10.2. The minimum absolute atomic E-state index is 0.0695. The summed E-state index contributed by atoms with van der Waals surface area (Å²) in [6.45, 7) is 1.54. The van der Waals surface area contributed by atoms with Crippen LogP contribution in [0.15, 0.2) is 46.0 Å². The number of amides is 1. The number of ether oxygens (including phenoxy) is 2. The van der Waals surface area contributed by atoms with Crippen molar-refractivity contribution in [3.05, 3.63) is 56.5 Å². The van der Waals surface area contributed by atoms with Crippen LogP contribution >= 0.6 is 15.9 Å². The Morgan fingerprint density at radius 1 is 1.33 bits per heavy atom. The van der Waals surface area contributed by atoms with Gasteiger partial charge in [-0.05, 0) is 37.3 Å². The molecule has 1 atom stereocenters. The fourth-order valence-electron chi connectivity index (χ4n) is 2.01. The molecule has 0 bridgehead atoms. The van der Waals surface area contributed by atoms with E-state index in [1.54, 1.807) is 31.4 Å². The lowest BCUT2D eigenvalue weighted by molar-refractivity contribution is -0.385. The summed E-state index contributed by atoms with van der Waals surface area (Å²) >= 11 is 3.11. The molecule has 0 aliphatic heterocycles. The van der Waals surface area contributed by atoms with Gasteiger partial charge in [0.25, 0.3) is 5.91 Å². The van der Waals surface area contributed by atoms with Crippen LogP contribution in [-0.2, 0) is 4.79 Å². The summed E-state index contributed by atoms with van der Waals surface area (Å²) in [5.41, 5.74) is 1.84. The van der Waals surface area contributed by atoms with E-state index in [2.05, 4.69) is 26.5 Å². The van der Waals surface area contributed by atoms with Gasteiger partial charge in [0.05, 0.1) is 18.2 Å². The highest BCUT2D eigenvalue weighted by atomic mass is 79.9. The number of aromatic hydroxyl groups is 1. The summed E-state index contributed by atoms with van der Waals surface area (Å²) in [5, 5.41) is 24.5. The Balaban J connectivity index is 2.00. The van der Waals surface area contributed by atoms with Crippen LogP contribution in [0.1, 0.15) is 12.5 Å². The highest BCUT2D eigenvalue weighted by Crippen LogP contribution is 2.32. The molecule has 2 aromatic carbocycles. The molecule has 0 radical (unpaired) electrons. The molecule has 0 heterocycles. The molecule has 0 saturated carbocycles. The van der Waals surface area contributed by atoms with Crippen LogP contribution in [0.3, 0.4) is 0 Å². The lowest BCUT2D eigenvalue weighted by Gasteiger charge is -2.13. The van der Waals surface area contributed by atoms with E-state index in [9.17, 15) is 20.0 Å². The van der Waals surface area contributed by atoms with Gasteiger partial charge >= 0.3 is 5.69 Å². The highest BCUT2D eigenvalue weighted by Gasteiger charge is 2.18. The summed E-state index contributed by atoms with van der Waals surface area (Å²) < 4.78 is 10.9.